The second-order valence-electron chi connectivity index (χ2n) is 10.2. The lowest BCUT2D eigenvalue weighted by atomic mass is 10.0. The largest absolute Gasteiger partial charge is 0.485 e. The zero-order valence-electron chi connectivity index (χ0n) is 22.6. The molecule has 3 aromatic rings. The first-order valence-corrected chi connectivity index (χ1v) is 13.8. The molecule has 6 rings (SSSR count). The van der Waals surface area contributed by atoms with Crippen LogP contribution in [0.25, 0.3) is 11.0 Å². The van der Waals surface area contributed by atoms with Crippen molar-refractivity contribution in [3.63, 3.8) is 0 Å². The number of benzene rings is 1. The van der Waals surface area contributed by atoms with Gasteiger partial charge in [-0.1, -0.05) is 0 Å². The minimum atomic E-state index is -4.56. The molecule has 1 aromatic carbocycles. The topological polar surface area (TPSA) is 117 Å². The van der Waals surface area contributed by atoms with Crippen LogP contribution in [-0.4, -0.2) is 95.9 Å². The molecule has 0 radical (unpaired) electrons. The predicted molar refractivity (Wildman–Crippen MR) is 145 cm³/mol. The molecule has 11 nitrogen and oxygen atoms in total. The van der Waals surface area contributed by atoms with Gasteiger partial charge >= 0.3 is 6.18 Å². The van der Waals surface area contributed by atoms with E-state index < -0.39 is 11.7 Å². The lowest BCUT2D eigenvalue weighted by Gasteiger charge is -2.40. The third-order valence-electron chi connectivity index (χ3n) is 7.66. The van der Waals surface area contributed by atoms with Gasteiger partial charge < -0.3 is 34.7 Å². The summed E-state index contributed by atoms with van der Waals surface area (Å²) in [6.07, 6.45) is -1.89. The predicted octanol–water partition coefficient (Wildman–Crippen LogP) is 3.86. The fourth-order valence-corrected chi connectivity index (χ4v) is 5.68. The van der Waals surface area contributed by atoms with Crippen LogP contribution in [0.5, 0.6) is 11.5 Å². The van der Waals surface area contributed by atoms with E-state index in [0.717, 1.165) is 45.3 Å². The Morgan fingerprint density at radius 2 is 1.78 bits per heavy atom. The Morgan fingerprint density at radius 3 is 2.49 bits per heavy atom. The molecule has 0 unspecified atom stereocenters. The number of alkyl halides is 3. The van der Waals surface area contributed by atoms with Crippen LogP contribution in [0.3, 0.4) is 0 Å². The highest BCUT2D eigenvalue weighted by molar-refractivity contribution is 5.99. The number of ether oxygens (including phenoxy) is 3. The van der Waals surface area contributed by atoms with Crippen LogP contribution in [0.2, 0.25) is 0 Å². The van der Waals surface area contributed by atoms with E-state index in [1.54, 1.807) is 19.1 Å². The van der Waals surface area contributed by atoms with E-state index >= 15 is 0 Å². The molecule has 2 fully saturated rings. The van der Waals surface area contributed by atoms with E-state index in [9.17, 15) is 18.0 Å². The first kappa shape index (κ1) is 27.4. The Kier molecular flexibility index (Phi) is 7.51. The van der Waals surface area contributed by atoms with Crippen molar-refractivity contribution >= 4 is 34.4 Å². The number of fused-ring (bicyclic) bond motifs is 2. The van der Waals surface area contributed by atoms with E-state index in [1.165, 1.54) is 0 Å². The molecule has 3 N–H and O–H groups in total. The Morgan fingerprint density at radius 1 is 1.05 bits per heavy atom. The van der Waals surface area contributed by atoms with Crippen LogP contribution in [0.1, 0.15) is 35.7 Å². The average Bonchev–Trinajstić information content (AvgIpc) is 3.43. The number of aromatic amines is 1. The number of hydrogen-bond donors (Lipinski definition) is 3. The van der Waals surface area contributed by atoms with Gasteiger partial charge in [0.25, 0.3) is 5.91 Å². The minimum absolute atomic E-state index is 0.0316. The second-order valence-corrected chi connectivity index (χ2v) is 10.2. The molecule has 5 heterocycles. The van der Waals surface area contributed by atoms with Gasteiger partial charge in [0.15, 0.2) is 11.5 Å². The summed E-state index contributed by atoms with van der Waals surface area (Å²) in [5, 5.41) is 5.81. The monoisotopic (exact) mass is 575 g/mol. The summed E-state index contributed by atoms with van der Waals surface area (Å²) in [6, 6.07) is 3.79. The summed E-state index contributed by atoms with van der Waals surface area (Å²) in [5.74, 6) is 0.642. The first-order chi connectivity index (χ1) is 19.8. The molecular weight excluding hydrogens is 543 g/mol. The first-order valence-electron chi connectivity index (χ1n) is 13.8. The van der Waals surface area contributed by atoms with Gasteiger partial charge in [0, 0.05) is 45.0 Å². The Hall–Kier alpha value is -3.78. The summed E-state index contributed by atoms with van der Waals surface area (Å²) in [5.41, 5.74) is 0.0238. The number of piperidine rings is 1. The molecule has 3 aliphatic rings. The number of morpholine rings is 1. The van der Waals surface area contributed by atoms with Crippen molar-refractivity contribution in [1.82, 2.24) is 24.8 Å². The third kappa shape index (κ3) is 5.45. The van der Waals surface area contributed by atoms with Crippen LogP contribution >= 0.6 is 0 Å². The molecule has 3 aliphatic heterocycles. The van der Waals surface area contributed by atoms with Gasteiger partial charge in [0.05, 0.1) is 35.4 Å². The van der Waals surface area contributed by atoms with E-state index in [2.05, 4.69) is 30.5 Å². The van der Waals surface area contributed by atoms with Crippen LogP contribution in [0.4, 0.5) is 30.6 Å². The van der Waals surface area contributed by atoms with Crippen LogP contribution < -0.4 is 20.1 Å². The lowest BCUT2D eigenvalue weighted by molar-refractivity contribution is -0.136. The Bertz CT molecular complexity index is 1420. The van der Waals surface area contributed by atoms with Gasteiger partial charge in [-0.25, -0.2) is 0 Å². The summed E-state index contributed by atoms with van der Waals surface area (Å²) in [4.78, 5) is 29.1. The lowest BCUT2D eigenvalue weighted by Crippen LogP contribution is -2.50. The number of aromatic nitrogens is 3. The van der Waals surface area contributed by atoms with Crippen molar-refractivity contribution in [3.05, 3.63) is 29.5 Å². The molecule has 0 saturated carbocycles. The van der Waals surface area contributed by atoms with Gasteiger partial charge in [-0.2, -0.15) is 23.1 Å². The van der Waals surface area contributed by atoms with Crippen molar-refractivity contribution in [2.75, 3.05) is 69.8 Å². The summed E-state index contributed by atoms with van der Waals surface area (Å²) in [7, 11) is 0. The highest BCUT2D eigenvalue weighted by Gasteiger charge is 2.36. The maximum absolute atomic E-state index is 13.6. The third-order valence-corrected chi connectivity index (χ3v) is 7.66. The molecule has 0 atom stereocenters. The molecule has 0 bridgehead atoms. The summed E-state index contributed by atoms with van der Waals surface area (Å²) in [6.45, 7) is 7.32. The number of likely N-dealkylation sites (tertiary alicyclic amines) is 1. The van der Waals surface area contributed by atoms with Crippen LogP contribution in [0, 0.1) is 0 Å². The molecule has 2 aromatic heterocycles. The maximum atomic E-state index is 13.6. The number of halogens is 3. The quantitative estimate of drug-likeness (QED) is 0.403. The number of rotatable bonds is 6. The number of carbonyl (C=O) groups excluding carboxylic acids is 1. The number of nitrogens with zero attached hydrogens (tertiary/aromatic N) is 4. The molecule has 2 saturated heterocycles. The van der Waals surface area contributed by atoms with Gasteiger partial charge in [-0.15, -0.1) is 0 Å². The Labute approximate surface area is 234 Å². The molecular formula is C27H32F3N7O4. The normalized spacial score (nSPS) is 18.5. The number of amides is 1. The van der Waals surface area contributed by atoms with Crippen molar-refractivity contribution in [3.8, 4) is 11.5 Å². The number of H-pyrrole nitrogens is 1. The second kappa shape index (κ2) is 11.2. The van der Waals surface area contributed by atoms with Crippen molar-refractivity contribution < 1.29 is 32.2 Å². The van der Waals surface area contributed by atoms with Crippen molar-refractivity contribution in [1.29, 1.82) is 0 Å². The van der Waals surface area contributed by atoms with E-state index in [0.29, 0.717) is 48.4 Å². The molecule has 1 amide bonds. The Balaban J connectivity index is 1.24. The molecule has 220 valence electrons. The highest BCUT2D eigenvalue weighted by Crippen LogP contribution is 2.43. The molecule has 41 heavy (non-hydrogen) atoms. The van der Waals surface area contributed by atoms with E-state index in [1.807, 2.05) is 4.90 Å². The minimum Gasteiger partial charge on any atom is -0.485 e. The van der Waals surface area contributed by atoms with Gasteiger partial charge in [0.2, 0.25) is 5.95 Å². The fourth-order valence-electron chi connectivity index (χ4n) is 5.68. The molecule has 0 aliphatic carbocycles. The number of carbonyl (C=O) groups is 1. The maximum Gasteiger partial charge on any atom is 0.418 e. The summed E-state index contributed by atoms with van der Waals surface area (Å²) < 4.78 is 58.0. The fraction of sp³-hybridized carbons (Fsp3) is 0.519. The number of hydrogen-bond acceptors (Lipinski definition) is 9. The molecule has 0 spiro atoms. The number of anilines is 3. The van der Waals surface area contributed by atoms with Crippen molar-refractivity contribution in [2.24, 2.45) is 0 Å². The summed E-state index contributed by atoms with van der Waals surface area (Å²) >= 11 is 0. The zero-order valence-corrected chi connectivity index (χ0v) is 22.6. The highest BCUT2D eigenvalue weighted by atomic mass is 19.4. The van der Waals surface area contributed by atoms with Crippen molar-refractivity contribution in [2.45, 2.75) is 32.0 Å². The zero-order chi connectivity index (χ0) is 28.6. The van der Waals surface area contributed by atoms with E-state index in [4.69, 9.17) is 14.2 Å². The van der Waals surface area contributed by atoms with Gasteiger partial charge in [-0.05, 0) is 31.9 Å². The van der Waals surface area contributed by atoms with E-state index in [-0.39, 0.29) is 41.9 Å². The smallest absolute Gasteiger partial charge is 0.418 e. The van der Waals surface area contributed by atoms with Crippen LogP contribution in [0.15, 0.2) is 18.3 Å². The average molecular weight is 576 g/mol. The SMILES string of the molecule is CCNc1nc(Nc2ccc(C(=O)N3CCC(N4CCOCC4)CC3)c3c2OCCO3)nc2[nH]cc(C(F)(F)F)c12. The van der Waals surface area contributed by atoms with Crippen LogP contribution in [-0.2, 0) is 10.9 Å². The number of nitrogens with one attached hydrogen (secondary N) is 3. The standard InChI is InChI=1S/C27H32F3N7O4/c1-2-31-23-20-18(27(28,29)30)15-32-24(20)35-26(34-23)33-19-4-3-17(21-22(19)41-14-13-40-21)25(38)37-7-5-16(6-8-37)36-9-11-39-12-10-36/h3-4,15-16H,2,5-14H2,1H3,(H3,31,32,33,34,35). The van der Waals surface area contributed by atoms with Gasteiger partial charge in [0.1, 0.15) is 24.7 Å². The van der Waals surface area contributed by atoms with Gasteiger partial charge in [-0.3, -0.25) is 9.69 Å². The molecule has 14 heteroatoms.